The van der Waals surface area contributed by atoms with Gasteiger partial charge in [-0.1, -0.05) is 6.42 Å². The maximum Gasteiger partial charge on any atom is 0.193 e. The van der Waals surface area contributed by atoms with Crippen molar-refractivity contribution in [2.24, 2.45) is 10.4 Å². The zero-order valence-corrected chi connectivity index (χ0v) is 17.3. The summed E-state index contributed by atoms with van der Waals surface area (Å²) in [5.41, 5.74) is 0.755. The summed E-state index contributed by atoms with van der Waals surface area (Å²) in [6.07, 6.45) is 5.60. The second kappa shape index (κ2) is 7.87. The molecule has 6 heteroatoms. The number of halogens is 1. The van der Waals surface area contributed by atoms with Crippen molar-refractivity contribution in [2.45, 2.75) is 45.1 Å². The normalized spacial score (nSPS) is 25.2. The number of aliphatic imine (C=N–C) groups is 1. The summed E-state index contributed by atoms with van der Waals surface area (Å²) in [6.45, 7) is 11.7. The third kappa shape index (κ3) is 4.31. The Morgan fingerprint density at radius 3 is 2.39 bits per heavy atom. The number of likely N-dealkylation sites (tertiary alicyclic amines) is 1. The monoisotopic (exact) mass is 436 g/mol. The molecule has 3 fully saturated rings. The van der Waals surface area contributed by atoms with Gasteiger partial charge >= 0.3 is 0 Å². The summed E-state index contributed by atoms with van der Waals surface area (Å²) in [6, 6.07) is 0. The molecule has 0 radical (unpaired) electrons. The van der Waals surface area contributed by atoms with Crippen LogP contribution in [0.1, 0.15) is 39.5 Å². The van der Waals surface area contributed by atoms with Crippen molar-refractivity contribution >= 4 is 29.9 Å². The first kappa shape index (κ1) is 19.2. The number of hydrogen-bond donors (Lipinski definition) is 1. The molecule has 1 N–H and O–H groups in total. The van der Waals surface area contributed by atoms with Crippen LogP contribution >= 0.6 is 24.0 Å². The molecule has 5 nitrogen and oxygen atoms in total. The lowest BCUT2D eigenvalue weighted by Crippen LogP contribution is -2.56. The van der Waals surface area contributed by atoms with Crippen molar-refractivity contribution in [1.82, 2.24) is 15.1 Å². The van der Waals surface area contributed by atoms with E-state index in [0.717, 1.165) is 45.4 Å². The molecule has 2 heterocycles. The molecule has 0 atom stereocenters. The Morgan fingerprint density at radius 2 is 1.87 bits per heavy atom. The summed E-state index contributed by atoms with van der Waals surface area (Å²) >= 11 is 0. The fourth-order valence-electron chi connectivity index (χ4n) is 4.11. The van der Waals surface area contributed by atoms with Crippen LogP contribution in [-0.4, -0.2) is 74.3 Å². The van der Waals surface area contributed by atoms with Crippen molar-refractivity contribution < 1.29 is 4.74 Å². The van der Waals surface area contributed by atoms with Crippen molar-refractivity contribution in [1.29, 1.82) is 0 Å². The topological polar surface area (TPSA) is 40.1 Å². The number of morpholine rings is 1. The molecule has 0 amide bonds. The van der Waals surface area contributed by atoms with Gasteiger partial charge in [-0.15, -0.1) is 24.0 Å². The van der Waals surface area contributed by atoms with Crippen molar-refractivity contribution in [3.63, 3.8) is 0 Å². The average molecular weight is 436 g/mol. The number of nitrogens with one attached hydrogen (secondary N) is 1. The van der Waals surface area contributed by atoms with Crippen LogP contribution in [-0.2, 0) is 4.74 Å². The van der Waals surface area contributed by atoms with Crippen LogP contribution in [0.15, 0.2) is 4.99 Å². The Labute approximate surface area is 158 Å². The Kier molecular flexibility index (Phi) is 6.58. The molecule has 134 valence electrons. The number of guanidine groups is 1. The van der Waals surface area contributed by atoms with Gasteiger partial charge in [-0.25, -0.2) is 0 Å². The van der Waals surface area contributed by atoms with Crippen LogP contribution in [0.3, 0.4) is 0 Å². The SMILES string of the molecule is CN=C(NCC(C)(C)N1CCOCC1)N1CCC2(CCC2)C1.I. The van der Waals surface area contributed by atoms with E-state index in [1.54, 1.807) is 0 Å². The average Bonchev–Trinajstić information content (AvgIpc) is 2.94. The summed E-state index contributed by atoms with van der Waals surface area (Å²) in [5.74, 6) is 1.09. The first-order valence-corrected chi connectivity index (χ1v) is 8.83. The van der Waals surface area contributed by atoms with Gasteiger partial charge in [0.15, 0.2) is 5.96 Å². The Balaban J connectivity index is 0.00000192. The van der Waals surface area contributed by atoms with Crippen LogP contribution < -0.4 is 5.32 Å². The van der Waals surface area contributed by atoms with E-state index in [1.807, 2.05) is 7.05 Å². The molecule has 0 aromatic carbocycles. The maximum atomic E-state index is 5.47. The maximum absolute atomic E-state index is 5.47. The Morgan fingerprint density at radius 1 is 1.17 bits per heavy atom. The minimum absolute atomic E-state index is 0. The molecule has 1 spiro atoms. The predicted molar refractivity (Wildman–Crippen MR) is 106 cm³/mol. The molecular weight excluding hydrogens is 403 g/mol. The van der Waals surface area contributed by atoms with E-state index in [1.165, 1.54) is 32.2 Å². The Bertz CT molecular complexity index is 417. The Hall–Kier alpha value is -0.0800. The highest BCUT2D eigenvalue weighted by molar-refractivity contribution is 14.0. The summed E-state index contributed by atoms with van der Waals surface area (Å²) in [4.78, 5) is 9.52. The quantitative estimate of drug-likeness (QED) is 0.418. The number of ether oxygens (including phenoxy) is 1. The molecule has 2 aliphatic heterocycles. The van der Waals surface area contributed by atoms with E-state index in [2.05, 4.69) is 34.0 Å². The van der Waals surface area contributed by atoms with E-state index in [-0.39, 0.29) is 29.5 Å². The summed E-state index contributed by atoms with van der Waals surface area (Å²) < 4.78 is 5.47. The second-order valence-electron chi connectivity index (χ2n) is 7.84. The zero-order chi connectivity index (χ0) is 15.6. The lowest BCUT2D eigenvalue weighted by molar-refractivity contribution is -0.00848. The molecule has 0 unspecified atom stereocenters. The molecule has 0 aromatic rings. The predicted octanol–water partition coefficient (Wildman–Crippen LogP) is 2.17. The van der Waals surface area contributed by atoms with Gasteiger partial charge in [0, 0.05) is 45.3 Å². The van der Waals surface area contributed by atoms with E-state index < -0.39 is 0 Å². The van der Waals surface area contributed by atoms with Gasteiger partial charge in [0.05, 0.1) is 13.2 Å². The molecule has 3 aliphatic rings. The van der Waals surface area contributed by atoms with E-state index in [9.17, 15) is 0 Å². The van der Waals surface area contributed by atoms with E-state index in [0.29, 0.717) is 5.41 Å². The highest BCUT2D eigenvalue weighted by Gasteiger charge is 2.43. The number of rotatable bonds is 3. The van der Waals surface area contributed by atoms with Gasteiger partial charge in [0.25, 0.3) is 0 Å². The highest BCUT2D eigenvalue weighted by Crippen LogP contribution is 2.47. The third-order valence-electron chi connectivity index (χ3n) is 5.91. The molecule has 2 saturated heterocycles. The van der Waals surface area contributed by atoms with Gasteiger partial charge in [-0.2, -0.15) is 0 Å². The highest BCUT2D eigenvalue weighted by atomic mass is 127. The molecule has 0 aromatic heterocycles. The minimum Gasteiger partial charge on any atom is -0.379 e. The largest absolute Gasteiger partial charge is 0.379 e. The number of nitrogens with zero attached hydrogens (tertiary/aromatic N) is 3. The first-order valence-electron chi connectivity index (χ1n) is 8.83. The van der Waals surface area contributed by atoms with Gasteiger partial charge in [0.2, 0.25) is 0 Å². The molecule has 23 heavy (non-hydrogen) atoms. The van der Waals surface area contributed by atoms with Crippen LogP contribution in [0.25, 0.3) is 0 Å². The lowest BCUT2D eigenvalue weighted by Gasteiger charge is -2.42. The van der Waals surface area contributed by atoms with Gasteiger partial charge < -0.3 is 15.0 Å². The summed E-state index contributed by atoms with van der Waals surface area (Å²) in [7, 11) is 1.91. The lowest BCUT2D eigenvalue weighted by atomic mass is 9.68. The molecule has 3 rings (SSSR count). The van der Waals surface area contributed by atoms with Crippen molar-refractivity contribution in [2.75, 3.05) is 53.0 Å². The van der Waals surface area contributed by atoms with E-state index in [4.69, 9.17) is 4.74 Å². The zero-order valence-electron chi connectivity index (χ0n) is 14.9. The molecule has 1 aliphatic carbocycles. The van der Waals surface area contributed by atoms with E-state index >= 15 is 0 Å². The molecular formula is C17H33IN4O. The fraction of sp³-hybridized carbons (Fsp3) is 0.941. The third-order valence-corrected chi connectivity index (χ3v) is 5.91. The van der Waals surface area contributed by atoms with Gasteiger partial charge in [-0.3, -0.25) is 9.89 Å². The van der Waals surface area contributed by atoms with Crippen molar-refractivity contribution in [3.8, 4) is 0 Å². The summed E-state index contributed by atoms with van der Waals surface area (Å²) in [5, 5.41) is 3.63. The van der Waals surface area contributed by atoms with Gasteiger partial charge in [0.1, 0.15) is 0 Å². The standard InChI is InChI=1S/C17H32N4O.HI/c1-16(2,21-9-11-22-12-10-21)13-19-15(18-3)20-8-7-17(14-20)5-4-6-17;/h4-14H2,1-3H3,(H,18,19);1H. The minimum atomic E-state index is 0. The smallest absolute Gasteiger partial charge is 0.193 e. The van der Waals surface area contributed by atoms with Crippen LogP contribution in [0.2, 0.25) is 0 Å². The number of hydrogen-bond acceptors (Lipinski definition) is 3. The van der Waals surface area contributed by atoms with Crippen LogP contribution in [0.5, 0.6) is 0 Å². The fourth-order valence-corrected chi connectivity index (χ4v) is 4.11. The molecule has 0 bridgehead atoms. The van der Waals surface area contributed by atoms with Crippen LogP contribution in [0, 0.1) is 5.41 Å². The molecule has 1 saturated carbocycles. The van der Waals surface area contributed by atoms with Gasteiger partial charge in [-0.05, 0) is 38.5 Å². The first-order chi connectivity index (χ1) is 10.5. The second-order valence-corrected chi connectivity index (χ2v) is 7.84. The van der Waals surface area contributed by atoms with Crippen molar-refractivity contribution in [3.05, 3.63) is 0 Å². The van der Waals surface area contributed by atoms with Crippen LogP contribution in [0.4, 0.5) is 0 Å².